The first-order valence-corrected chi connectivity index (χ1v) is 8.07. The second kappa shape index (κ2) is 7.49. The number of halogens is 4. The van der Waals surface area contributed by atoms with Crippen LogP contribution >= 0.6 is 12.4 Å². The molecule has 1 atom stereocenters. The van der Waals surface area contributed by atoms with E-state index >= 15 is 0 Å². The average molecular weight is 370 g/mol. The van der Waals surface area contributed by atoms with E-state index in [1.807, 2.05) is 0 Å². The normalized spacial score (nSPS) is 18.8. The molecule has 2 N–H and O–H groups in total. The molecule has 0 saturated carbocycles. The number of benzene rings is 1. The van der Waals surface area contributed by atoms with Crippen molar-refractivity contribution >= 4 is 22.4 Å². The van der Waals surface area contributed by atoms with E-state index in [0.717, 1.165) is 25.1 Å². The van der Waals surface area contributed by atoms with Gasteiger partial charge in [0, 0.05) is 12.6 Å². The Kier molecular flexibility index (Phi) is 6.41. The second-order valence-electron chi connectivity index (χ2n) is 4.98. The maximum atomic E-state index is 12.7. The Labute approximate surface area is 138 Å². The average Bonchev–Trinajstić information content (AvgIpc) is 2.46. The second-order valence-corrected chi connectivity index (χ2v) is 6.70. The van der Waals surface area contributed by atoms with Crippen LogP contribution in [0, 0.1) is 11.3 Å². The molecule has 1 fully saturated rings. The predicted molar refractivity (Wildman–Crippen MR) is 79.6 cm³/mol. The van der Waals surface area contributed by atoms with Crippen LogP contribution in [0.5, 0.6) is 0 Å². The standard InChI is InChI=1S/C13H14F3N3O2S.ClH/c14-13(15,16)12-4-3-11(6-9(12)7-17)22(20,21)19-10-2-1-5-18-8-10;/h3-4,6,10,18-19H,1-2,5,8H2;1H/t10-;/m0./s1. The summed E-state index contributed by atoms with van der Waals surface area (Å²) < 4.78 is 65.0. The summed E-state index contributed by atoms with van der Waals surface area (Å²) in [5, 5.41) is 11.9. The summed E-state index contributed by atoms with van der Waals surface area (Å²) in [4.78, 5) is -0.345. The van der Waals surface area contributed by atoms with E-state index in [2.05, 4.69) is 10.0 Å². The maximum absolute atomic E-state index is 12.7. The largest absolute Gasteiger partial charge is 0.417 e. The van der Waals surface area contributed by atoms with E-state index < -0.39 is 27.3 Å². The monoisotopic (exact) mass is 369 g/mol. The summed E-state index contributed by atoms with van der Waals surface area (Å²) in [5.41, 5.74) is -1.86. The van der Waals surface area contributed by atoms with Crippen LogP contribution < -0.4 is 10.0 Å². The lowest BCUT2D eigenvalue weighted by Gasteiger charge is -2.23. The van der Waals surface area contributed by atoms with Gasteiger partial charge in [-0.3, -0.25) is 0 Å². The lowest BCUT2D eigenvalue weighted by atomic mass is 10.1. The van der Waals surface area contributed by atoms with Crippen molar-refractivity contribution in [3.8, 4) is 6.07 Å². The first-order chi connectivity index (χ1) is 10.2. The highest BCUT2D eigenvalue weighted by atomic mass is 35.5. The van der Waals surface area contributed by atoms with Gasteiger partial charge in [0.05, 0.1) is 22.1 Å². The summed E-state index contributed by atoms with van der Waals surface area (Å²) in [6.45, 7) is 1.27. The summed E-state index contributed by atoms with van der Waals surface area (Å²) in [6.07, 6.45) is -3.24. The van der Waals surface area contributed by atoms with Gasteiger partial charge in [-0.1, -0.05) is 0 Å². The van der Waals surface area contributed by atoms with E-state index in [-0.39, 0.29) is 23.3 Å². The SMILES string of the molecule is Cl.N#Cc1cc(S(=O)(=O)N[C@H]2CCCNC2)ccc1C(F)(F)F. The molecule has 1 saturated heterocycles. The van der Waals surface area contributed by atoms with Crippen LogP contribution in [0.25, 0.3) is 0 Å². The number of hydrogen-bond donors (Lipinski definition) is 2. The van der Waals surface area contributed by atoms with Crippen molar-refractivity contribution in [3.05, 3.63) is 29.3 Å². The van der Waals surface area contributed by atoms with E-state index in [1.54, 1.807) is 0 Å². The summed E-state index contributed by atoms with van der Waals surface area (Å²) in [5.74, 6) is 0. The summed E-state index contributed by atoms with van der Waals surface area (Å²) in [6, 6.07) is 3.31. The minimum absolute atomic E-state index is 0. The number of sulfonamides is 1. The molecule has 1 aromatic rings. The highest BCUT2D eigenvalue weighted by Crippen LogP contribution is 2.32. The third-order valence-corrected chi connectivity index (χ3v) is 4.86. The minimum Gasteiger partial charge on any atom is -0.315 e. The number of piperidine rings is 1. The highest BCUT2D eigenvalue weighted by molar-refractivity contribution is 7.89. The van der Waals surface area contributed by atoms with E-state index in [4.69, 9.17) is 5.26 Å². The Balaban J connectivity index is 0.00000264. The number of hydrogen-bond acceptors (Lipinski definition) is 4. The van der Waals surface area contributed by atoms with Gasteiger partial charge < -0.3 is 5.32 Å². The molecule has 10 heteroatoms. The molecule has 0 bridgehead atoms. The minimum atomic E-state index is -4.70. The maximum Gasteiger partial charge on any atom is 0.417 e. The zero-order chi connectivity index (χ0) is 16.4. The van der Waals surface area contributed by atoms with Gasteiger partial charge in [0.2, 0.25) is 10.0 Å². The number of alkyl halides is 3. The molecular weight excluding hydrogens is 355 g/mol. The first kappa shape index (κ1) is 19.7. The third-order valence-electron chi connectivity index (χ3n) is 3.35. The lowest BCUT2D eigenvalue weighted by Crippen LogP contribution is -2.45. The fourth-order valence-electron chi connectivity index (χ4n) is 2.27. The molecule has 23 heavy (non-hydrogen) atoms. The Hall–Kier alpha value is -1.34. The molecule has 0 spiro atoms. The van der Waals surface area contributed by atoms with Crippen LogP contribution in [0.2, 0.25) is 0 Å². The van der Waals surface area contributed by atoms with Crippen molar-refractivity contribution in [1.29, 1.82) is 5.26 Å². The van der Waals surface area contributed by atoms with Crippen LogP contribution in [-0.2, 0) is 16.2 Å². The van der Waals surface area contributed by atoms with Crippen molar-refractivity contribution in [3.63, 3.8) is 0 Å². The molecule has 1 aliphatic rings. The highest BCUT2D eigenvalue weighted by Gasteiger charge is 2.34. The van der Waals surface area contributed by atoms with Gasteiger partial charge in [0.15, 0.2) is 0 Å². The van der Waals surface area contributed by atoms with Crippen LogP contribution in [0.1, 0.15) is 24.0 Å². The zero-order valence-electron chi connectivity index (χ0n) is 11.9. The zero-order valence-corrected chi connectivity index (χ0v) is 13.5. The van der Waals surface area contributed by atoms with Gasteiger partial charge in [-0.25, -0.2) is 13.1 Å². The van der Waals surface area contributed by atoms with Gasteiger partial charge in [-0.15, -0.1) is 12.4 Å². The molecular formula is C13H15ClF3N3O2S. The Bertz CT molecular complexity index is 695. The van der Waals surface area contributed by atoms with Crippen molar-refractivity contribution in [2.75, 3.05) is 13.1 Å². The van der Waals surface area contributed by atoms with Gasteiger partial charge in [0.1, 0.15) is 0 Å². The number of nitrogens with one attached hydrogen (secondary N) is 2. The smallest absolute Gasteiger partial charge is 0.315 e. The Morgan fingerprint density at radius 1 is 1.35 bits per heavy atom. The van der Waals surface area contributed by atoms with Gasteiger partial charge in [0.25, 0.3) is 0 Å². The molecule has 0 amide bonds. The van der Waals surface area contributed by atoms with E-state index in [1.165, 1.54) is 6.07 Å². The topological polar surface area (TPSA) is 82.0 Å². The molecule has 128 valence electrons. The van der Waals surface area contributed by atoms with E-state index in [9.17, 15) is 21.6 Å². The van der Waals surface area contributed by atoms with Crippen molar-refractivity contribution in [1.82, 2.24) is 10.0 Å². The van der Waals surface area contributed by atoms with Crippen LogP contribution in [0.15, 0.2) is 23.1 Å². The molecule has 1 heterocycles. The van der Waals surface area contributed by atoms with Gasteiger partial charge >= 0.3 is 6.18 Å². The Morgan fingerprint density at radius 3 is 2.57 bits per heavy atom. The fraction of sp³-hybridized carbons (Fsp3) is 0.462. The predicted octanol–water partition coefficient (Wildman–Crippen LogP) is 2.03. The molecule has 2 rings (SSSR count). The molecule has 0 aromatic heterocycles. The molecule has 0 unspecified atom stereocenters. The summed E-state index contributed by atoms with van der Waals surface area (Å²) >= 11 is 0. The molecule has 1 aromatic carbocycles. The number of nitriles is 1. The van der Waals surface area contributed by atoms with Crippen molar-refractivity contribution in [2.45, 2.75) is 30.0 Å². The number of nitrogens with zero attached hydrogens (tertiary/aromatic N) is 1. The first-order valence-electron chi connectivity index (χ1n) is 6.58. The van der Waals surface area contributed by atoms with Crippen LogP contribution in [0.4, 0.5) is 13.2 Å². The van der Waals surface area contributed by atoms with Crippen molar-refractivity contribution in [2.24, 2.45) is 0 Å². The molecule has 0 aliphatic carbocycles. The lowest BCUT2D eigenvalue weighted by molar-refractivity contribution is -0.137. The molecule has 1 aliphatic heterocycles. The number of rotatable bonds is 3. The quantitative estimate of drug-likeness (QED) is 0.854. The fourth-order valence-corrected chi connectivity index (χ4v) is 3.57. The Morgan fingerprint density at radius 2 is 2.04 bits per heavy atom. The van der Waals surface area contributed by atoms with Crippen LogP contribution in [0.3, 0.4) is 0 Å². The molecule has 5 nitrogen and oxygen atoms in total. The van der Waals surface area contributed by atoms with Gasteiger partial charge in [-0.05, 0) is 37.6 Å². The third kappa shape index (κ3) is 4.81. The van der Waals surface area contributed by atoms with Crippen molar-refractivity contribution < 1.29 is 21.6 Å². The summed E-state index contributed by atoms with van der Waals surface area (Å²) in [7, 11) is -3.96. The molecule has 0 radical (unpaired) electrons. The van der Waals surface area contributed by atoms with E-state index in [0.29, 0.717) is 19.0 Å². The van der Waals surface area contributed by atoms with Gasteiger partial charge in [-0.2, -0.15) is 18.4 Å². The van der Waals surface area contributed by atoms with Crippen LogP contribution in [-0.4, -0.2) is 27.5 Å².